The molecule has 1 aliphatic heterocycles. The van der Waals surface area contributed by atoms with Crippen LogP contribution in [0, 0.1) is 5.92 Å². The van der Waals surface area contributed by atoms with Crippen molar-refractivity contribution in [1.82, 2.24) is 0 Å². The molecule has 4 heteroatoms. The van der Waals surface area contributed by atoms with Gasteiger partial charge < -0.3 is 0 Å². The molecule has 0 bridgehead atoms. The van der Waals surface area contributed by atoms with Crippen LogP contribution in [-0.4, -0.2) is 25.7 Å². The molecule has 2 rings (SSSR count). The van der Waals surface area contributed by atoms with Gasteiger partial charge >= 0.3 is 0 Å². The maximum atomic E-state index is 11.3. The van der Waals surface area contributed by atoms with Gasteiger partial charge in [-0.1, -0.05) is 24.3 Å². The van der Waals surface area contributed by atoms with Crippen LogP contribution in [0.25, 0.3) is 0 Å². The van der Waals surface area contributed by atoms with Gasteiger partial charge in [0.2, 0.25) is 0 Å². The Labute approximate surface area is 108 Å². The summed E-state index contributed by atoms with van der Waals surface area (Å²) in [6.45, 7) is 1.56. The summed E-state index contributed by atoms with van der Waals surface area (Å²) < 4.78 is 22.7. The Hall–Kier alpha value is -1.16. The highest BCUT2D eigenvalue weighted by Crippen LogP contribution is 2.23. The third kappa shape index (κ3) is 3.42. The lowest BCUT2D eigenvalue weighted by Crippen LogP contribution is -2.24. The van der Waals surface area contributed by atoms with Crippen molar-refractivity contribution in [2.75, 3.05) is 11.5 Å². The monoisotopic (exact) mass is 266 g/mol. The van der Waals surface area contributed by atoms with Gasteiger partial charge in [0.1, 0.15) is 9.84 Å². The molecular weight excluding hydrogens is 248 g/mol. The molecule has 0 atom stereocenters. The molecule has 0 amide bonds. The van der Waals surface area contributed by atoms with Crippen molar-refractivity contribution in [3.63, 3.8) is 0 Å². The lowest BCUT2D eigenvalue weighted by atomic mass is 9.93. The zero-order valence-electron chi connectivity index (χ0n) is 10.6. The average molecular weight is 266 g/mol. The van der Waals surface area contributed by atoms with Crippen molar-refractivity contribution in [3.05, 3.63) is 35.4 Å². The second kappa shape index (κ2) is 5.22. The fourth-order valence-electron chi connectivity index (χ4n) is 2.35. The first-order valence-electron chi connectivity index (χ1n) is 6.26. The van der Waals surface area contributed by atoms with Crippen LogP contribution in [0.4, 0.5) is 0 Å². The largest absolute Gasteiger partial charge is 0.295 e. The van der Waals surface area contributed by atoms with E-state index in [1.807, 2.05) is 24.3 Å². The van der Waals surface area contributed by atoms with E-state index < -0.39 is 9.84 Å². The minimum absolute atomic E-state index is 0.0744. The molecule has 3 nitrogen and oxygen atoms in total. The summed E-state index contributed by atoms with van der Waals surface area (Å²) in [5, 5.41) is 0. The molecule has 0 aliphatic carbocycles. The van der Waals surface area contributed by atoms with Crippen molar-refractivity contribution in [3.8, 4) is 0 Å². The van der Waals surface area contributed by atoms with Crippen LogP contribution in [0.15, 0.2) is 24.3 Å². The maximum Gasteiger partial charge on any atom is 0.159 e. The van der Waals surface area contributed by atoms with Crippen molar-refractivity contribution in [2.45, 2.75) is 26.2 Å². The van der Waals surface area contributed by atoms with Gasteiger partial charge in [0.15, 0.2) is 5.78 Å². The van der Waals surface area contributed by atoms with Gasteiger partial charge in [0.25, 0.3) is 0 Å². The van der Waals surface area contributed by atoms with Crippen molar-refractivity contribution in [1.29, 1.82) is 0 Å². The van der Waals surface area contributed by atoms with Gasteiger partial charge in [-0.25, -0.2) is 8.42 Å². The van der Waals surface area contributed by atoms with E-state index in [1.54, 1.807) is 6.92 Å². The highest BCUT2D eigenvalue weighted by Gasteiger charge is 2.23. The normalized spacial score (nSPS) is 19.6. The first-order chi connectivity index (χ1) is 8.46. The van der Waals surface area contributed by atoms with Crippen LogP contribution >= 0.6 is 0 Å². The summed E-state index contributed by atoms with van der Waals surface area (Å²) in [5.74, 6) is 1.17. The zero-order valence-corrected chi connectivity index (χ0v) is 11.4. The van der Waals surface area contributed by atoms with Gasteiger partial charge in [-0.05, 0) is 37.7 Å². The minimum atomic E-state index is -2.77. The molecule has 0 aromatic heterocycles. The standard InChI is InChI=1S/C14H18O3S/c1-11(15)14-4-2-12(3-5-14)10-13-6-8-18(16,17)9-7-13/h2-5,13H,6-10H2,1H3. The van der Waals surface area contributed by atoms with Crippen LogP contribution in [0.3, 0.4) is 0 Å². The van der Waals surface area contributed by atoms with E-state index in [0.717, 1.165) is 24.8 Å². The number of carbonyl (C=O) groups excluding carboxylic acids is 1. The SMILES string of the molecule is CC(=O)c1ccc(CC2CCS(=O)(=O)CC2)cc1. The number of hydrogen-bond donors (Lipinski definition) is 0. The minimum Gasteiger partial charge on any atom is -0.295 e. The van der Waals surface area contributed by atoms with Gasteiger partial charge in [0, 0.05) is 5.56 Å². The third-order valence-corrected chi connectivity index (χ3v) is 5.27. The summed E-state index contributed by atoms with van der Waals surface area (Å²) in [6, 6.07) is 7.63. The predicted octanol–water partition coefficient (Wildman–Crippen LogP) is 2.26. The molecule has 1 aliphatic rings. The number of sulfone groups is 1. The van der Waals surface area contributed by atoms with E-state index in [0.29, 0.717) is 17.4 Å². The number of carbonyl (C=O) groups is 1. The smallest absolute Gasteiger partial charge is 0.159 e. The molecule has 1 saturated heterocycles. The quantitative estimate of drug-likeness (QED) is 0.788. The summed E-state index contributed by atoms with van der Waals surface area (Å²) in [6.07, 6.45) is 2.43. The second-order valence-electron chi connectivity index (χ2n) is 5.05. The van der Waals surface area contributed by atoms with Crippen LogP contribution in [0.5, 0.6) is 0 Å². The van der Waals surface area contributed by atoms with Crippen LogP contribution in [0.1, 0.15) is 35.7 Å². The Bertz CT molecular complexity index is 515. The van der Waals surface area contributed by atoms with Crippen molar-refractivity contribution >= 4 is 15.6 Å². The van der Waals surface area contributed by atoms with E-state index in [4.69, 9.17) is 0 Å². The lowest BCUT2D eigenvalue weighted by Gasteiger charge is -2.21. The molecule has 18 heavy (non-hydrogen) atoms. The lowest BCUT2D eigenvalue weighted by molar-refractivity contribution is 0.101. The van der Waals surface area contributed by atoms with E-state index in [2.05, 4.69) is 0 Å². The fraction of sp³-hybridized carbons (Fsp3) is 0.500. The van der Waals surface area contributed by atoms with E-state index >= 15 is 0 Å². The summed E-state index contributed by atoms with van der Waals surface area (Å²) in [4.78, 5) is 11.2. The molecule has 0 saturated carbocycles. The summed E-state index contributed by atoms with van der Waals surface area (Å²) >= 11 is 0. The Balaban J connectivity index is 1.96. The molecule has 1 aromatic carbocycles. The Morgan fingerprint density at radius 2 is 1.72 bits per heavy atom. The molecule has 98 valence electrons. The Morgan fingerprint density at radius 3 is 2.22 bits per heavy atom. The number of rotatable bonds is 3. The number of ketones is 1. The van der Waals surface area contributed by atoms with Gasteiger partial charge in [-0.2, -0.15) is 0 Å². The predicted molar refractivity (Wildman–Crippen MR) is 71.5 cm³/mol. The van der Waals surface area contributed by atoms with Gasteiger partial charge in [-0.3, -0.25) is 4.79 Å². The zero-order chi connectivity index (χ0) is 13.2. The molecule has 1 heterocycles. The van der Waals surface area contributed by atoms with Crippen LogP contribution in [0.2, 0.25) is 0 Å². The molecule has 0 unspecified atom stereocenters. The molecule has 1 fully saturated rings. The van der Waals surface area contributed by atoms with Crippen molar-refractivity contribution in [2.24, 2.45) is 5.92 Å². The highest BCUT2D eigenvalue weighted by atomic mass is 32.2. The Morgan fingerprint density at radius 1 is 1.17 bits per heavy atom. The van der Waals surface area contributed by atoms with E-state index in [1.165, 1.54) is 5.56 Å². The van der Waals surface area contributed by atoms with Crippen LogP contribution < -0.4 is 0 Å². The maximum absolute atomic E-state index is 11.3. The van der Waals surface area contributed by atoms with Gasteiger partial charge in [-0.15, -0.1) is 0 Å². The molecule has 0 spiro atoms. The van der Waals surface area contributed by atoms with Gasteiger partial charge in [0.05, 0.1) is 11.5 Å². The summed E-state index contributed by atoms with van der Waals surface area (Å²) in [7, 11) is -2.77. The molecule has 0 N–H and O–H groups in total. The number of benzene rings is 1. The first-order valence-corrected chi connectivity index (χ1v) is 8.09. The summed E-state index contributed by atoms with van der Waals surface area (Å²) in [5.41, 5.74) is 1.91. The molecular formula is C14H18O3S. The number of hydrogen-bond acceptors (Lipinski definition) is 3. The number of Topliss-reactive ketones (excluding diaryl/α,β-unsaturated/α-hetero) is 1. The van der Waals surface area contributed by atoms with Crippen LogP contribution in [-0.2, 0) is 16.3 Å². The second-order valence-corrected chi connectivity index (χ2v) is 7.36. The Kier molecular flexibility index (Phi) is 3.85. The highest BCUT2D eigenvalue weighted by molar-refractivity contribution is 7.91. The fourth-order valence-corrected chi connectivity index (χ4v) is 3.94. The molecule has 0 radical (unpaired) electrons. The van der Waals surface area contributed by atoms with Crippen molar-refractivity contribution < 1.29 is 13.2 Å². The third-order valence-electron chi connectivity index (χ3n) is 3.56. The molecule has 1 aromatic rings. The first kappa shape index (κ1) is 13.3. The average Bonchev–Trinajstić information content (AvgIpc) is 2.33. The van der Waals surface area contributed by atoms with E-state index in [9.17, 15) is 13.2 Å². The van der Waals surface area contributed by atoms with E-state index in [-0.39, 0.29) is 5.78 Å². The topological polar surface area (TPSA) is 51.2 Å².